The average molecular weight is 457 g/mol. The standard InChI is InChI=1S/C23H34Cl2N2O3/c1-14-16-6-4-5-15(7-9-23(2,3)30)17(16)8-10-27(14)21(29)11-18-19(24)12-26-20(13-28)22(18)25/h12,14-17,28,30H,4-11,13H2,1-3H3. The van der Waals surface area contributed by atoms with Crippen molar-refractivity contribution in [1.29, 1.82) is 0 Å². The van der Waals surface area contributed by atoms with Crippen molar-refractivity contribution in [3.63, 3.8) is 0 Å². The summed E-state index contributed by atoms with van der Waals surface area (Å²) >= 11 is 12.6. The van der Waals surface area contributed by atoms with Crippen molar-refractivity contribution in [2.45, 2.75) is 84.0 Å². The highest BCUT2D eigenvalue weighted by molar-refractivity contribution is 6.36. The molecular weight excluding hydrogens is 423 g/mol. The van der Waals surface area contributed by atoms with Gasteiger partial charge in [-0.1, -0.05) is 36.0 Å². The second kappa shape index (κ2) is 9.72. The van der Waals surface area contributed by atoms with Crippen molar-refractivity contribution in [2.75, 3.05) is 6.54 Å². The molecule has 0 bridgehead atoms. The number of piperidine rings is 1. The van der Waals surface area contributed by atoms with E-state index in [1.807, 2.05) is 18.7 Å². The van der Waals surface area contributed by atoms with E-state index in [4.69, 9.17) is 23.2 Å². The number of carbonyl (C=O) groups excluding carboxylic acids is 1. The Morgan fingerprint density at radius 3 is 2.67 bits per heavy atom. The van der Waals surface area contributed by atoms with Gasteiger partial charge in [-0.15, -0.1) is 0 Å². The van der Waals surface area contributed by atoms with E-state index < -0.39 is 5.60 Å². The van der Waals surface area contributed by atoms with E-state index in [1.165, 1.54) is 19.0 Å². The van der Waals surface area contributed by atoms with Crippen molar-refractivity contribution in [3.8, 4) is 0 Å². The first-order valence-corrected chi connectivity index (χ1v) is 11.8. The number of fused-ring (bicyclic) bond motifs is 1. The van der Waals surface area contributed by atoms with E-state index in [0.717, 1.165) is 32.2 Å². The molecule has 7 heteroatoms. The quantitative estimate of drug-likeness (QED) is 0.654. The lowest BCUT2D eigenvalue weighted by Gasteiger charge is -2.50. The summed E-state index contributed by atoms with van der Waals surface area (Å²) in [4.78, 5) is 19.2. The molecule has 3 rings (SSSR count). The summed E-state index contributed by atoms with van der Waals surface area (Å²) < 4.78 is 0. The van der Waals surface area contributed by atoms with Gasteiger partial charge < -0.3 is 15.1 Å². The molecule has 2 heterocycles. The number of pyridine rings is 1. The molecule has 2 fully saturated rings. The second-order valence-corrected chi connectivity index (χ2v) is 10.5. The number of aliphatic hydroxyl groups is 2. The number of hydrogen-bond acceptors (Lipinski definition) is 4. The Hall–Kier alpha value is -0.880. The van der Waals surface area contributed by atoms with Crippen LogP contribution in [0.25, 0.3) is 0 Å². The topological polar surface area (TPSA) is 73.7 Å². The predicted octanol–water partition coefficient (Wildman–Crippen LogP) is 4.63. The van der Waals surface area contributed by atoms with Crippen molar-refractivity contribution >= 4 is 29.1 Å². The molecule has 168 valence electrons. The summed E-state index contributed by atoms with van der Waals surface area (Å²) in [5, 5.41) is 20.2. The maximum Gasteiger partial charge on any atom is 0.227 e. The number of rotatable bonds is 6. The fourth-order valence-corrected chi connectivity index (χ4v) is 6.02. The Bertz CT molecular complexity index is 766. The summed E-state index contributed by atoms with van der Waals surface area (Å²) in [5.41, 5.74) is 0.270. The lowest BCUT2D eigenvalue weighted by Crippen LogP contribution is -2.53. The van der Waals surface area contributed by atoms with Gasteiger partial charge in [0, 0.05) is 24.3 Å². The Balaban J connectivity index is 1.69. The van der Waals surface area contributed by atoms with Gasteiger partial charge in [0.15, 0.2) is 0 Å². The fourth-order valence-electron chi connectivity index (χ4n) is 5.49. The number of carbonyl (C=O) groups is 1. The highest BCUT2D eigenvalue weighted by Crippen LogP contribution is 2.45. The van der Waals surface area contributed by atoms with Crippen LogP contribution in [0, 0.1) is 17.8 Å². The normalized spacial score (nSPS) is 27.1. The molecule has 4 atom stereocenters. The maximum atomic E-state index is 13.2. The van der Waals surface area contributed by atoms with Crippen molar-refractivity contribution < 1.29 is 15.0 Å². The highest BCUT2D eigenvalue weighted by Gasteiger charge is 2.42. The van der Waals surface area contributed by atoms with Crippen LogP contribution >= 0.6 is 23.2 Å². The summed E-state index contributed by atoms with van der Waals surface area (Å²) in [7, 11) is 0. The van der Waals surface area contributed by atoms with Gasteiger partial charge in [-0.3, -0.25) is 9.78 Å². The Morgan fingerprint density at radius 1 is 1.27 bits per heavy atom. The van der Waals surface area contributed by atoms with Crippen molar-refractivity contribution in [3.05, 3.63) is 27.5 Å². The number of likely N-dealkylation sites (tertiary alicyclic amines) is 1. The second-order valence-electron chi connectivity index (χ2n) is 9.67. The van der Waals surface area contributed by atoms with Gasteiger partial charge in [-0.25, -0.2) is 0 Å². The molecule has 0 radical (unpaired) electrons. The number of aliphatic hydroxyl groups excluding tert-OH is 1. The van der Waals surface area contributed by atoms with Crippen LogP contribution in [0.1, 0.15) is 70.6 Å². The SMILES string of the molecule is CC1C2CCCC(CCC(C)(C)O)C2CCN1C(=O)Cc1c(Cl)cnc(CO)c1Cl. The number of amides is 1. The predicted molar refractivity (Wildman–Crippen MR) is 120 cm³/mol. The van der Waals surface area contributed by atoms with Gasteiger partial charge in [0.2, 0.25) is 5.91 Å². The molecule has 0 aromatic carbocycles. The third kappa shape index (κ3) is 5.29. The van der Waals surface area contributed by atoms with Crippen LogP contribution in [0.15, 0.2) is 6.20 Å². The van der Waals surface area contributed by atoms with Gasteiger partial charge in [0.1, 0.15) is 0 Å². The monoisotopic (exact) mass is 456 g/mol. The minimum Gasteiger partial charge on any atom is -0.390 e. The lowest BCUT2D eigenvalue weighted by molar-refractivity contribution is -0.138. The van der Waals surface area contributed by atoms with Crippen LogP contribution in [0.3, 0.4) is 0 Å². The molecule has 1 aromatic heterocycles. The van der Waals surface area contributed by atoms with Gasteiger partial charge in [-0.05, 0) is 64.2 Å². The van der Waals surface area contributed by atoms with Gasteiger partial charge >= 0.3 is 0 Å². The van der Waals surface area contributed by atoms with Crippen molar-refractivity contribution in [2.24, 2.45) is 17.8 Å². The molecule has 0 spiro atoms. The largest absolute Gasteiger partial charge is 0.390 e. The number of halogens is 2. The highest BCUT2D eigenvalue weighted by atomic mass is 35.5. The first kappa shape index (κ1) is 23.8. The van der Waals surface area contributed by atoms with Crippen molar-refractivity contribution in [1.82, 2.24) is 9.88 Å². The molecule has 4 unspecified atom stereocenters. The molecule has 1 saturated carbocycles. The molecular formula is C23H34Cl2N2O3. The molecule has 1 aromatic rings. The summed E-state index contributed by atoms with van der Waals surface area (Å²) in [5.74, 6) is 1.78. The Kier molecular flexibility index (Phi) is 7.71. The van der Waals surface area contributed by atoms with Crippen LogP contribution in [-0.2, 0) is 17.8 Å². The van der Waals surface area contributed by atoms with Crippen LogP contribution < -0.4 is 0 Å². The lowest BCUT2D eigenvalue weighted by atomic mass is 9.64. The minimum atomic E-state index is -0.619. The smallest absolute Gasteiger partial charge is 0.227 e. The van der Waals surface area contributed by atoms with Crippen LogP contribution in [0.2, 0.25) is 10.0 Å². The number of hydrogen-bond donors (Lipinski definition) is 2. The number of aromatic nitrogens is 1. The zero-order valence-corrected chi connectivity index (χ0v) is 19.7. The van der Waals surface area contributed by atoms with E-state index in [-0.39, 0.29) is 30.0 Å². The first-order valence-electron chi connectivity index (χ1n) is 11.1. The van der Waals surface area contributed by atoms with E-state index in [0.29, 0.717) is 34.0 Å². The third-order valence-electron chi connectivity index (χ3n) is 7.15. The van der Waals surface area contributed by atoms with E-state index in [1.54, 1.807) is 0 Å². The van der Waals surface area contributed by atoms with Crippen LogP contribution in [0.4, 0.5) is 0 Å². The molecule has 1 aliphatic carbocycles. The average Bonchev–Trinajstić information content (AvgIpc) is 2.69. The molecule has 2 aliphatic rings. The molecule has 30 heavy (non-hydrogen) atoms. The zero-order chi connectivity index (χ0) is 22.1. The molecule has 5 nitrogen and oxygen atoms in total. The number of nitrogens with zero attached hydrogens (tertiary/aromatic N) is 2. The van der Waals surface area contributed by atoms with E-state index in [2.05, 4.69) is 11.9 Å². The fraction of sp³-hybridized carbons (Fsp3) is 0.739. The van der Waals surface area contributed by atoms with E-state index in [9.17, 15) is 15.0 Å². The van der Waals surface area contributed by atoms with Gasteiger partial charge in [0.05, 0.1) is 34.4 Å². The van der Waals surface area contributed by atoms with Crippen LogP contribution in [0.5, 0.6) is 0 Å². The minimum absolute atomic E-state index is 0.0263. The van der Waals surface area contributed by atoms with Crippen LogP contribution in [-0.4, -0.2) is 44.2 Å². The summed E-state index contributed by atoms with van der Waals surface area (Å²) in [6, 6.07) is 0.179. The molecule has 2 N–H and O–H groups in total. The van der Waals surface area contributed by atoms with Gasteiger partial charge in [0.25, 0.3) is 0 Å². The van der Waals surface area contributed by atoms with E-state index >= 15 is 0 Å². The molecule has 1 saturated heterocycles. The maximum absolute atomic E-state index is 13.2. The summed E-state index contributed by atoms with van der Waals surface area (Å²) in [6.45, 7) is 6.39. The molecule has 1 aliphatic heterocycles. The third-order valence-corrected chi connectivity index (χ3v) is 7.92. The zero-order valence-electron chi connectivity index (χ0n) is 18.2. The first-order chi connectivity index (χ1) is 14.1. The molecule has 1 amide bonds. The summed E-state index contributed by atoms with van der Waals surface area (Å²) in [6.07, 6.45) is 8.03. The Labute approximate surface area is 189 Å². The van der Waals surface area contributed by atoms with Gasteiger partial charge in [-0.2, -0.15) is 0 Å². The Morgan fingerprint density at radius 2 is 2.00 bits per heavy atom.